The number of carbonyl (C=O) groups excluding carboxylic acids is 1. The summed E-state index contributed by atoms with van der Waals surface area (Å²) in [5.74, 6) is 1.45. The highest BCUT2D eigenvalue weighted by Gasteiger charge is 2.27. The molecule has 2 aliphatic rings. The van der Waals surface area contributed by atoms with Crippen molar-refractivity contribution in [3.63, 3.8) is 0 Å². The van der Waals surface area contributed by atoms with Crippen LogP contribution in [-0.2, 0) is 24.2 Å². The SMILES string of the molecule is O=C(Nc1cccc2c1CCCC2)C1CCN(Cc2nc(-c3ccccc3)no2)CC1. The van der Waals surface area contributed by atoms with Gasteiger partial charge in [0, 0.05) is 17.2 Å². The van der Waals surface area contributed by atoms with Gasteiger partial charge in [0.25, 0.3) is 0 Å². The van der Waals surface area contributed by atoms with E-state index in [1.807, 2.05) is 30.3 Å². The number of benzene rings is 2. The van der Waals surface area contributed by atoms with Crippen LogP contribution < -0.4 is 5.32 Å². The minimum Gasteiger partial charge on any atom is -0.338 e. The molecule has 2 aromatic carbocycles. The van der Waals surface area contributed by atoms with Crippen LogP contribution in [0.1, 0.15) is 42.7 Å². The van der Waals surface area contributed by atoms with Crippen LogP contribution in [-0.4, -0.2) is 34.0 Å². The number of nitrogens with one attached hydrogen (secondary N) is 1. The zero-order valence-corrected chi connectivity index (χ0v) is 17.7. The van der Waals surface area contributed by atoms with Crippen molar-refractivity contribution in [2.24, 2.45) is 5.92 Å². The Balaban J connectivity index is 1.15. The molecule has 6 heteroatoms. The molecule has 1 aliphatic heterocycles. The Bertz CT molecular complexity index is 1040. The third kappa shape index (κ3) is 4.54. The third-order valence-electron chi connectivity index (χ3n) is 6.47. The van der Waals surface area contributed by atoms with Crippen LogP contribution in [0.2, 0.25) is 0 Å². The second-order valence-electron chi connectivity index (χ2n) is 8.57. The number of hydrogen-bond acceptors (Lipinski definition) is 5. The highest BCUT2D eigenvalue weighted by molar-refractivity contribution is 5.93. The van der Waals surface area contributed by atoms with Gasteiger partial charge in [0.1, 0.15) is 0 Å². The van der Waals surface area contributed by atoms with Crippen molar-refractivity contribution < 1.29 is 9.32 Å². The summed E-state index contributed by atoms with van der Waals surface area (Å²) in [5, 5.41) is 7.33. The normalized spacial score (nSPS) is 17.3. The number of rotatable bonds is 5. The van der Waals surface area contributed by atoms with Crippen molar-refractivity contribution in [3.8, 4) is 11.4 Å². The second-order valence-corrected chi connectivity index (χ2v) is 8.57. The fourth-order valence-electron chi connectivity index (χ4n) is 4.70. The van der Waals surface area contributed by atoms with Gasteiger partial charge in [-0.25, -0.2) is 0 Å². The van der Waals surface area contributed by atoms with E-state index in [4.69, 9.17) is 4.52 Å². The van der Waals surface area contributed by atoms with Gasteiger partial charge in [-0.15, -0.1) is 0 Å². The molecule has 0 saturated carbocycles. The van der Waals surface area contributed by atoms with Gasteiger partial charge in [0.2, 0.25) is 17.6 Å². The van der Waals surface area contributed by atoms with Crippen molar-refractivity contribution in [2.75, 3.05) is 18.4 Å². The molecule has 0 radical (unpaired) electrons. The maximum absolute atomic E-state index is 12.9. The first-order valence-electron chi connectivity index (χ1n) is 11.3. The molecular formula is C25H28N4O2. The van der Waals surface area contributed by atoms with Crippen LogP contribution in [0.25, 0.3) is 11.4 Å². The number of carbonyl (C=O) groups is 1. The van der Waals surface area contributed by atoms with Gasteiger partial charge >= 0.3 is 0 Å². The van der Waals surface area contributed by atoms with E-state index in [-0.39, 0.29) is 11.8 Å². The number of anilines is 1. The Hall–Kier alpha value is -2.99. The molecule has 1 aliphatic carbocycles. The van der Waals surface area contributed by atoms with E-state index in [1.165, 1.54) is 24.0 Å². The number of piperidine rings is 1. The number of aryl methyl sites for hydroxylation is 1. The summed E-state index contributed by atoms with van der Waals surface area (Å²) in [5.41, 5.74) is 4.71. The number of aromatic nitrogens is 2. The largest absolute Gasteiger partial charge is 0.338 e. The van der Waals surface area contributed by atoms with Gasteiger partial charge in [-0.2, -0.15) is 4.98 Å². The first-order chi connectivity index (χ1) is 15.3. The van der Waals surface area contributed by atoms with Crippen molar-refractivity contribution in [1.29, 1.82) is 0 Å². The van der Waals surface area contributed by atoms with Crippen LogP contribution in [0.4, 0.5) is 5.69 Å². The zero-order chi connectivity index (χ0) is 21.0. The first kappa shape index (κ1) is 19.9. The highest BCUT2D eigenvalue weighted by Crippen LogP contribution is 2.29. The Morgan fingerprint density at radius 1 is 1.03 bits per heavy atom. The summed E-state index contributed by atoms with van der Waals surface area (Å²) in [4.78, 5) is 19.7. The van der Waals surface area contributed by atoms with Gasteiger partial charge in [0.15, 0.2) is 0 Å². The number of fused-ring (bicyclic) bond motifs is 1. The van der Waals surface area contributed by atoms with E-state index in [0.29, 0.717) is 18.3 Å². The summed E-state index contributed by atoms with van der Waals surface area (Å²) >= 11 is 0. The molecule has 6 nitrogen and oxygen atoms in total. The molecule has 1 N–H and O–H groups in total. The monoisotopic (exact) mass is 416 g/mol. The fraction of sp³-hybridized carbons (Fsp3) is 0.400. The molecule has 1 saturated heterocycles. The number of likely N-dealkylation sites (tertiary alicyclic amines) is 1. The molecule has 1 fully saturated rings. The van der Waals surface area contributed by atoms with Crippen molar-refractivity contribution in [3.05, 3.63) is 65.5 Å². The van der Waals surface area contributed by atoms with E-state index >= 15 is 0 Å². The van der Waals surface area contributed by atoms with Gasteiger partial charge in [0.05, 0.1) is 6.54 Å². The summed E-state index contributed by atoms with van der Waals surface area (Å²) < 4.78 is 5.45. The maximum atomic E-state index is 12.9. The second kappa shape index (κ2) is 9.02. The summed E-state index contributed by atoms with van der Waals surface area (Å²) in [6, 6.07) is 16.2. The Morgan fingerprint density at radius 3 is 2.68 bits per heavy atom. The molecule has 31 heavy (non-hydrogen) atoms. The van der Waals surface area contributed by atoms with Gasteiger partial charge in [-0.1, -0.05) is 47.6 Å². The van der Waals surface area contributed by atoms with Crippen LogP contribution >= 0.6 is 0 Å². The topological polar surface area (TPSA) is 71.3 Å². The number of amides is 1. The zero-order valence-electron chi connectivity index (χ0n) is 17.7. The minimum atomic E-state index is 0.0539. The standard InChI is InChI=1S/C25H28N4O2/c30-25(26-22-12-6-10-18-7-4-5-11-21(18)22)20-13-15-29(16-14-20)17-23-27-24(28-31-23)19-8-2-1-3-9-19/h1-3,6,8-10,12,20H,4-5,7,11,13-17H2,(H,26,30). The molecule has 0 bridgehead atoms. The number of hydrogen-bond donors (Lipinski definition) is 1. The van der Waals surface area contributed by atoms with Crippen LogP contribution in [0, 0.1) is 5.92 Å². The van der Waals surface area contributed by atoms with E-state index in [9.17, 15) is 4.79 Å². The van der Waals surface area contributed by atoms with Crippen molar-refractivity contribution in [1.82, 2.24) is 15.0 Å². The van der Waals surface area contributed by atoms with Gasteiger partial charge < -0.3 is 9.84 Å². The smallest absolute Gasteiger partial charge is 0.241 e. The molecule has 1 amide bonds. The molecule has 5 rings (SSSR count). The molecule has 2 heterocycles. The average molecular weight is 417 g/mol. The van der Waals surface area contributed by atoms with Crippen LogP contribution in [0.3, 0.4) is 0 Å². The van der Waals surface area contributed by atoms with E-state index in [1.54, 1.807) is 0 Å². The Labute approximate surface area is 182 Å². The highest BCUT2D eigenvalue weighted by atomic mass is 16.5. The van der Waals surface area contributed by atoms with Crippen LogP contribution in [0.15, 0.2) is 53.1 Å². The predicted octanol–water partition coefficient (Wildman–Crippen LogP) is 4.47. The Kier molecular flexibility index (Phi) is 5.80. The predicted molar refractivity (Wildman–Crippen MR) is 119 cm³/mol. The Morgan fingerprint density at radius 2 is 1.84 bits per heavy atom. The summed E-state index contributed by atoms with van der Waals surface area (Å²) in [7, 11) is 0. The van der Waals surface area contributed by atoms with Crippen molar-refractivity contribution in [2.45, 2.75) is 45.1 Å². The van der Waals surface area contributed by atoms with E-state index in [0.717, 1.165) is 50.0 Å². The summed E-state index contributed by atoms with van der Waals surface area (Å²) in [6.45, 7) is 2.34. The van der Waals surface area contributed by atoms with E-state index in [2.05, 4.69) is 38.6 Å². The maximum Gasteiger partial charge on any atom is 0.241 e. The molecule has 3 aromatic rings. The minimum absolute atomic E-state index is 0.0539. The third-order valence-corrected chi connectivity index (χ3v) is 6.47. The number of nitrogens with zero attached hydrogens (tertiary/aromatic N) is 3. The van der Waals surface area contributed by atoms with E-state index < -0.39 is 0 Å². The molecule has 160 valence electrons. The lowest BCUT2D eigenvalue weighted by Crippen LogP contribution is -2.38. The lowest BCUT2D eigenvalue weighted by molar-refractivity contribution is -0.121. The molecule has 0 atom stereocenters. The molecule has 1 aromatic heterocycles. The molecule has 0 spiro atoms. The first-order valence-corrected chi connectivity index (χ1v) is 11.3. The molecule has 0 unspecified atom stereocenters. The van der Waals surface area contributed by atoms with Gasteiger partial charge in [-0.3, -0.25) is 9.69 Å². The van der Waals surface area contributed by atoms with Crippen LogP contribution in [0.5, 0.6) is 0 Å². The molecular weight excluding hydrogens is 388 g/mol. The lowest BCUT2D eigenvalue weighted by atomic mass is 9.90. The lowest BCUT2D eigenvalue weighted by Gasteiger charge is -2.30. The summed E-state index contributed by atoms with van der Waals surface area (Å²) in [6.07, 6.45) is 6.34. The van der Waals surface area contributed by atoms with Gasteiger partial charge in [-0.05, 0) is 68.8 Å². The average Bonchev–Trinajstić information content (AvgIpc) is 3.29. The van der Waals surface area contributed by atoms with Crippen molar-refractivity contribution >= 4 is 11.6 Å². The quantitative estimate of drug-likeness (QED) is 0.665. The fourth-order valence-corrected chi connectivity index (χ4v) is 4.70.